The number of aliphatic imine (C=N–C) groups is 3. The fourth-order valence-electron chi connectivity index (χ4n) is 14.5. The topological polar surface area (TPSA) is 795 Å². The third kappa shape index (κ3) is 56.1. The van der Waals surface area contributed by atoms with Crippen molar-refractivity contribution in [2.75, 3.05) is 77.0 Å². The molecule has 1 saturated heterocycles. The summed E-state index contributed by atoms with van der Waals surface area (Å²) in [7, 11) is 1.94. The predicted octanol–water partition coefficient (Wildman–Crippen LogP) is -0.867. The van der Waals surface area contributed by atoms with E-state index in [0.29, 0.717) is 103 Å². The molecule has 0 radical (unpaired) electrons. The number of carboxylic acid groups (broad SMARTS) is 2. The molecule has 1 fully saturated rings. The van der Waals surface area contributed by atoms with Crippen LogP contribution < -0.4 is 117 Å². The summed E-state index contributed by atoms with van der Waals surface area (Å²) in [6.45, 7) is 4.62. The standard InChI is InChI=1S/C85H155N25O18S2/c1-53(2)44-66-81(126)107-64(29-12-17-39-90)79(124)108-65(33-34-73(117)118)80(125)106-63(28-11-16-38-89)70(115)48-56(23-10-15-37-88)78(123)110-67(82(127)128)52-130-129-51-58(75(120)103-50-60(112)45-54(76(121)109-66)24-19-41-100-83(93)94)46-59(111)26-5-4-18-40-99-74(119)55(22-9-14-36-87)47-69(114)62(27-7-8-31-71(91)92)105-77(122)57(25-20-42-101-84(95)96)49-68(113)61(30-21-43-102-85(97)98)104-72(116)32-6-3-13-35-86/h53-58,61-67H,3-52,86-90H2,1-2H3,(H3,91,92)(H,99,119)(H,103,120)(H,104,116)(H,105,122)(H,106,125)(H,107,126)(H,108,124)(H,109,121)(H,110,123)(H,117,118)(H,127,128)(H4,93,94,100)(H4,95,96,101)(H4,97,98,102)/t54-,55-,56+,57-,58-,61-,62+,63+,64+,65-,66-,67-/m0/s1. The van der Waals surface area contributed by atoms with Crippen LogP contribution in [0.1, 0.15) is 258 Å². The Morgan fingerprint density at radius 3 is 1.48 bits per heavy atom. The van der Waals surface area contributed by atoms with Gasteiger partial charge in [-0.1, -0.05) is 67.5 Å². The number of Topliss-reactive ketones (excluding diaryl/α,β-unsaturated/α-hetero) is 5. The SMILES string of the molecule is CC(C)C[C@@H]1NC(=O)[C@@H](CCCN=C(N)N)CC(=O)CNC(=O)[C@@H](CC(=O)CCCCCNC(=O)[C@@H](CCCCN)CC(=O)[C@@H](CCCCC(=N)N)NC(=O)[C@@H](CCCN=C(N)N)CC(=O)[C@H](CCCN=C(N)N)NC(=O)CCCCCN)CSSC[C@@H](C(=O)O)NC(=O)[C@H](CCCCN)CC(=O)[C@@H](CCCCN)NC(=O)[C@H](CCC(=O)O)NC(=O)[C@@H](CCCCN)NC1=O. The highest BCUT2D eigenvalue weighted by Gasteiger charge is 2.38. The van der Waals surface area contributed by atoms with Crippen LogP contribution in [0.5, 0.6) is 0 Å². The average molecular weight is 1880 g/mol. The largest absolute Gasteiger partial charge is 0.481 e. The fraction of sp³-hybridized carbons (Fsp3) is 0.765. The summed E-state index contributed by atoms with van der Waals surface area (Å²) < 4.78 is 0. The number of guanidine groups is 3. The summed E-state index contributed by atoms with van der Waals surface area (Å²) in [5, 5.41) is 52.6. The number of unbranched alkanes of at least 4 members (excludes halogenated alkanes) is 9. The minimum atomic E-state index is -1.61. The number of carboxylic acids is 2. The van der Waals surface area contributed by atoms with E-state index in [0.717, 1.165) is 21.6 Å². The number of rotatable bonds is 62. The molecule has 36 N–H and O–H groups in total. The number of nitrogens with one attached hydrogen (secondary N) is 10. The Kier molecular flexibility index (Phi) is 64.7. The summed E-state index contributed by atoms with van der Waals surface area (Å²) in [5.74, 6) is -18.9. The quantitative estimate of drug-likeness (QED) is 0.0152. The zero-order chi connectivity index (χ0) is 97.3. The van der Waals surface area contributed by atoms with Gasteiger partial charge in [-0.05, 0) is 193 Å². The van der Waals surface area contributed by atoms with E-state index in [1.165, 1.54) is 0 Å². The van der Waals surface area contributed by atoms with Crippen LogP contribution in [0.15, 0.2) is 15.0 Å². The average Bonchev–Trinajstić information content (AvgIpc) is 0.876. The van der Waals surface area contributed by atoms with Crippen LogP contribution in [0, 0.1) is 40.9 Å². The van der Waals surface area contributed by atoms with Gasteiger partial charge in [0.2, 0.25) is 53.2 Å². The first-order chi connectivity index (χ1) is 61.9. The van der Waals surface area contributed by atoms with Crippen LogP contribution >= 0.6 is 21.6 Å². The molecule has 0 aliphatic carbocycles. The smallest absolute Gasteiger partial charge is 0.327 e. The summed E-state index contributed by atoms with van der Waals surface area (Å²) >= 11 is 0. The number of amidine groups is 1. The number of hydrogen-bond donors (Lipinski definition) is 24. The molecule has 45 heteroatoms. The maximum Gasteiger partial charge on any atom is 0.327 e. The first-order valence-corrected chi connectivity index (χ1v) is 48.4. The molecule has 0 spiro atoms. The maximum atomic E-state index is 14.7. The molecule has 0 saturated carbocycles. The Balaban J connectivity index is 3.86. The number of aliphatic carboxylic acids is 2. The van der Waals surface area contributed by atoms with Crippen LogP contribution in [0.4, 0.5) is 0 Å². The molecular formula is C85H155N25O18S2. The van der Waals surface area contributed by atoms with E-state index in [1.54, 1.807) is 13.8 Å². The minimum Gasteiger partial charge on any atom is -0.481 e. The lowest BCUT2D eigenvalue weighted by Gasteiger charge is -2.28. The van der Waals surface area contributed by atoms with E-state index < -0.39 is 186 Å². The van der Waals surface area contributed by atoms with Gasteiger partial charge in [0.05, 0.1) is 36.4 Å². The van der Waals surface area contributed by atoms with Gasteiger partial charge in [0.1, 0.15) is 30.0 Å². The monoisotopic (exact) mass is 1880 g/mol. The van der Waals surface area contributed by atoms with Crippen LogP contribution in [0.2, 0.25) is 0 Å². The van der Waals surface area contributed by atoms with Gasteiger partial charge in [0.25, 0.3) is 0 Å². The molecule has 9 amide bonds. The second-order valence-corrected chi connectivity index (χ2v) is 36.2. The summed E-state index contributed by atoms with van der Waals surface area (Å²) in [5.41, 5.74) is 68.2. The first kappa shape index (κ1) is 118. The van der Waals surface area contributed by atoms with E-state index in [4.69, 9.17) is 74.2 Å². The lowest BCUT2D eigenvalue weighted by atomic mass is 9.89. The molecule has 1 rings (SSSR count). The molecule has 1 aliphatic rings. The molecule has 1 aliphatic heterocycles. The molecule has 130 heavy (non-hydrogen) atoms. The number of hydrogen-bond acceptors (Lipinski definition) is 27. The Morgan fingerprint density at radius 1 is 0.446 bits per heavy atom. The Morgan fingerprint density at radius 2 is 0.900 bits per heavy atom. The van der Waals surface area contributed by atoms with Crippen molar-refractivity contribution < 1.29 is 86.9 Å². The summed E-state index contributed by atoms with van der Waals surface area (Å²) in [6.07, 6.45) is 4.96. The van der Waals surface area contributed by atoms with Crippen molar-refractivity contribution >= 4 is 139 Å². The molecule has 0 aromatic carbocycles. The van der Waals surface area contributed by atoms with Crippen LogP contribution in [-0.2, 0) is 76.7 Å². The Bertz CT molecular complexity index is 3610. The van der Waals surface area contributed by atoms with Gasteiger partial charge in [-0.15, -0.1) is 0 Å². The van der Waals surface area contributed by atoms with Crippen LogP contribution in [-0.4, -0.2) is 247 Å². The second-order valence-electron chi connectivity index (χ2n) is 33.6. The molecule has 0 aromatic heterocycles. The lowest BCUT2D eigenvalue weighted by molar-refractivity contribution is -0.142. The van der Waals surface area contributed by atoms with E-state index in [-0.39, 0.29) is 227 Å². The van der Waals surface area contributed by atoms with E-state index in [1.807, 2.05) is 0 Å². The highest BCUT2D eigenvalue weighted by molar-refractivity contribution is 8.76. The van der Waals surface area contributed by atoms with Crippen molar-refractivity contribution in [3.8, 4) is 0 Å². The lowest BCUT2D eigenvalue weighted by Crippen LogP contribution is -2.58. The fourth-order valence-corrected chi connectivity index (χ4v) is 16.9. The Hall–Kier alpha value is -9.70. The van der Waals surface area contributed by atoms with Crippen molar-refractivity contribution in [1.82, 2.24) is 47.9 Å². The predicted molar refractivity (Wildman–Crippen MR) is 502 cm³/mol. The van der Waals surface area contributed by atoms with Gasteiger partial charge in [0.15, 0.2) is 41.0 Å². The van der Waals surface area contributed by atoms with Crippen molar-refractivity contribution in [1.29, 1.82) is 5.41 Å². The Labute approximate surface area is 772 Å². The first-order valence-electron chi connectivity index (χ1n) is 45.9. The molecule has 12 atom stereocenters. The number of carbonyl (C=O) groups excluding carboxylic acids is 14. The van der Waals surface area contributed by atoms with Gasteiger partial charge in [0, 0.05) is 119 Å². The minimum absolute atomic E-state index is 0.00466. The molecule has 0 unspecified atom stereocenters. The number of nitrogens with two attached hydrogens (primary N) is 12. The third-order valence-corrected chi connectivity index (χ3v) is 24.3. The number of carbonyl (C=O) groups is 16. The van der Waals surface area contributed by atoms with Crippen molar-refractivity contribution in [2.24, 2.45) is 119 Å². The van der Waals surface area contributed by atoms with Gasteiger partial charge < -0.3 is 127 Å². The molecule has 1 heterocycles. The number of nitrogens with zero attached hydrogens (tertiary/aromatic N) is 3. The summed E-state index contributed by atoms with van der Waals surface area (Å²) in [6, 6.07) is -9.49. The van der Waals surface area contributed by atoms with Crippen molar-refractivity contribution in [3.63, 3.8) is 0 Å². The molecule has 740 valence electrons. The van der Waals surface area contributed by atoms with Crippen LogP contribution in [0.25, 0.3) is 0 Å². The van der Waals surface area contributed by atoms with E-state index in [2.05, 4.69) is 62.8 Å². The molecule has 0 aromatic rings. The van der Waals surface area contributed by atoms with Crippen molar-refractivity contribution in [3.05, 3.63) is 0 Å². The normalized spacial score (nSPS) is 19.5. The second kappa shape index (κ2) is 71.0. The van der Waals surface area contributed by atoms with Crippen LogP contribution in [0.3, 0.4) is 0 Å². The van der Waals surface area contributed by atoms with E-state index >= 15 is 0 Å². The van der Waals surface area contributed by atoms with Gasteiger partial charge in [-0.2, -0.15) is 0 Å². The molecule has 43 nitrogen and oxygen atoms in total. The maximum absolute atomic E-state index is 14.7. The highest BCUT2D eigenvalue weighted by atomic mass is 33.1. The van der Waals surface area contributed by atoms with Gasteiger partial charge in [-0.25, -0.2) is 4.79 Å². The highest BCUT2D eigenvalue weighted by Crippen LogP contribution is 2.29. The van der Waals surface area contributed by atoms with Gasteiger partial charge in [-0.3, -0.25) is 92.3 Å². The molecular weight excluding hydrogens is 1720 g/mol. The summed E-state index contributed by atoms with van der Waals surface area (Å²) in [4.78, 5) is 238. The van der Waals surface area contributed by atoms with E-state index in [9.17, 15) is 86.9 Å². The number of ketones is 5. The zero-order valence-corrected chi connectivity index (χ0v) is 78.0. The zero-order valence-electron chi connectivity index (χ0n) is 76.4. The number of amides is 9. The third-order valence-electron chi connectivity index (χ3n) is 21.8. The molecule has 0 bridgehead atoms. The van der Waals surface area contributed by atoms with Crippen molar-refractivity contribution in [2.45, 2.75) is 300 Å². The van der Waals surface area contributed by atoms with Gasteiger partial charge >= 0.3 is 11.9 Å².